The van der Waals surface area contributed by atoms with Crippen molar-refractivity contribution in [1.29, 1.82) is 0 Å². The highest BCUT2D eigenvalue weighted by Gasteiger charge is 2.40. The van der Waals surface area contributed by atoms with Crippen molar-refractivity contribution in [2.75, 3.05) is 12.3 Å². The number of esters is 2. The first kappa shape index (κ1) is 22.2. The van der Waals surface area contributed by atoms with Crippen molar-refractivity contribution in [2.45, 2.75) is 44.6 Å². The van der Waals surface area contributed by atoms with E-state index >= 15 is 0 Å². The molecule has 3 atom stereocenters. The largest absolute Gasteiger partial charge is 0.459 e. The van der Waals surface area contributed by atoms with Gasteiger partial charge in [0.05, 0.1) is 12.0 Å². The Morgan fingerprint density at radius 2 is 1.94 bits per heavy atom. The lowest BCUT2D eigenvalue weighted by Gasteiger charge is -2.19. The van der Waals surface area contributed by atoms with Gasteiger partial charge in [-0.2, -0.15) is 4.98 Å². The molecule has 2 aromatic rings. The number of hydrogen-bond donors (Lipinski definition) is 1. The van der Waals surface area contributed by atoms with Gasteiger partial charge in [0.2, 0.25) is 0 Å². The zero-order chi connectivity index (χ0) is 22.4. The van der Waals surface area contributed by atoms with Crippen molar-refractivity contribution in [2.24, 2.45) is 0 Å². The number of ether oxygens (including phenoxy) is 3. The number of benzene rings is 1. The Balaban J connectivity index is 1.70. The summed E-state index contributed by atoms with van der Waals surface area (Å²) < 4.78 is 17.9. The van der Waals surface area contributed by atoms with Crippen LogP contribution in [0.4, 0.5) is 5.82 Å². The fourth-order valence-electron chi connectivity index (χ4n) is 3.11. The fraction of sp³-hybridized carbons (Fsp3) is 0.381. The molecule has 10 heteroatoms. The molecule has 0 saturated carbocycles. The average Bonchev–Trinajstić information content (AvgIpc) is 3.13. The van der Waals surface area contributed by atoms with E-state index in [1.807, 2.05) is 0 Å². The number of nitrogen functional groups attached to an aromatic ring is 1. The minimum absolute atomic E-state index is 0.0604. The minimum atomic E-state index is -0.802. The van der Waals surface area contributed by atoms with Crippen molar-refractivity contribution in [3.8, 4) is 0 Å². The molecule has 10 nitrogen and oxygen atoms in total. The van der Waals surface area contributed by atoms with Crippen LogP contribution in [0.2, 0.25) is 0 Å². The second-order valence-corrected chi connectivity index (χ2v) is 7.10. The van der Waals surface area contributed by atoms with E-state index in [1.54, 1.807) is 30.3 Å². The lowest BCUT2D eigenvalue weighted by Crippen LogP contribution is -2.32. The van der Waals surface area contributed by atoms with E-state index in [0.29, 0.717) is 5.56 Å². The molecule has 1 aromatic carbocycles. The van der Waals surface area contributed by atoms with Gasteiger partial charge in [-0.1, -0.05) is 18.2 Å². The van der Waals surface area contributed by atoms with Crippen LogP contribution in [0.5, 0.6) is 0 Å². The molecule has 31 heavy (non-hydrogen) atoms. The summed E-state index contributed by atoms with van der Waals surface area (Å²) in [4.78, 5) is 51.3. The molecule has 1 fully saturated rings. The Bertz CT molecular complexity index is 1010. The second-order valence-electron chi connectivity index (χ2n) is 7.10. The van der Waals surface area contributed by atoms with E-state index in [1.165, 1.54) is 23.8 Å². The van der Waals surface area contributed by atoms with Gasteiger partial charge >= 0.3 is 17.6 Å². The topological polar surface area (TPSA) is 140 Å². The van der Waals surface area contributed by atoms with Crippen LogP contribution in [-0.4, -0.2) is 46.1 Å². The molecule has 0 bridgehead atoms. The SMILES string of the molecule is CC(=O)CCC(=O)O[C@H]1C[C@H](n2ccc(N)nc2=O)O[C@@H]1COC(=O)c1ccccc1. The van der Waals surface area contributed by atoms with Crippen LogP contribution in [0.15, 0.2) is 47.4 Å². The lowest BCUT2D eigenvalue weighted by atomic mass is 10.1. The fourth-order valence-corrected chi connectivity index (χ4v) is 3.11. The maximum atomic E-state index is 12.2. The highest BCUT2D eigenvalue weighted by Crippen LogP contribution is 2.30. The van der Waals surface area contributed by atoms with Crippen LogP contribution in [0.1, 0.15) is 42.8 Å². The lowest BCUT2D eigenvalue weighted by molar-refractivity contribution is -0.154. The summed E-state index contributed by atoms with van der Waals surface area (Å²) in [5.41, 5.74) is 5.27. The van der Waals surface area contributed by atoms with Crippen molar-refractivity contribution < 1.29 is 28.6 Å². The monoisotopic (exact) mass is 429 g/mol. The van der Waals surface area contributed by atoms with Crippen LogP contribution in [0, 0.1) is 0 Å². The third kappa shape index (κ3) is 5.98. The Hall–Kier alpha value is -3.53. The summed E-state index contributed by atoms with van der Waals surface area (Å²) in [7, 11) is 0. The predicted molar refractivity (Wildman–Crippen MR) is 108 cm³/mol. The van der Waals surface area contributed by atoms with Crippen LogP contribution < -0.4 is 11.4 Å². The van der Waals surface area contributed by atoms with Crippen LogP contribution in [-0.2, 0) is 23.8 Å². The van der Waals surface area contributed by atoms with Gasteiger partial charge in [0.1, 0.15) is 36.6 Å². The third-order valence-electron chi connectivity index (χ3n) is 4.69. The van der Waals surface area contributed by atoms with Gasteiger partial charge in [0.25, 0.3) is 0 Å². The van der Waals surface area contributed by atoms with Crippen molar-refractivity contribution in [1.82, 2.24) is 9.55 Å². The number of aromatic nitrogens is 2. The van der Waals surface area contributed by atoms with Crippen molar-refractivity contribution >= 4 is 23.5 Å². The van der Waals surface area contributed by atoms with Crippen LogP contribution in [0.25, 0.3) is 0 Å². The first-order chi connectivity index (χ1) is 14.8. The zero-order valence-corrected chi connectivity index (χ0v) is 16.9. The maximum Gasteiger partial charge on any atom is 0.351 e. The van der Waals surface area contributed by atoms with E-state index in [-0.39, 0.29) is 37.5 Å². The number of carbonyl (C=O) groups is 3. The smallest absolute Gasteiger partial charge is 0.351 e. The normalized spacial score (nSPS) is 20.2. The summed E-state index contributed by atoms with van der Waals surface area (Å²) in [5.74, 6) is -1.20. The number of ketones is 1. The first-order valence-corrected chi connectivity index (χ1v) is 9.74. The van der Waals surface area contributed by atoms with Crippen LogP contribution >= 0.6 is 0 Å². The molecule has 1 aliphatic rings. The van der Waals surface area contributed by atoms with E-state index in [0.717, 1.165) is 0 Å². The molecular formula is C21H23N3O7. The Labute approximate surface area is 177 Å². The second kappa shape index (κ2) is 9.98. The highest BCUT2D eigenvalue weighted by molar-refractivity contribution is 5.89. The summed E-state index contributed by atoms with van der Waals surface area (Å²) in [6, 6.07) is 9.86. The highest BCUT2D eigenvalue weighted by atomic mass is 16.6. The molecule has 0 radical (unpaired) electrons. The van der Waals surface area contributed by atoms with Crippen LogP contribution in [0.3, 0.4) is 0 Å². The molecule has 1 aromatic heterocycles. The van der Waals surface area contributed by atoms with Crippen molar-refractivity contribution in [3.63, 3.8) is 0 Å². The predicted octanol–water partition coefficient (Wildman–Crippen LogP) is 1.25. The number of nitrogens with zero attached hydrogens (tertiary/aromatic N) is 2. The summed E-state index contributed by atoms with van der Waals surface area (Å²) in [5, 5.41) is 0. The van der Waals surface area contributed by atoms with Crippen molar-refractivity contribution in [3.05, 3.63) is 58.6 Å². The molecule has 0 aliphatic carbocycles. The summed E-state index contributed by atoms with van der Waals surface area (Å²) >= 11 is 0. The zero-order valence-electron chi connectivity index (χ0n) is 16.9. The minimum Gasteiger partial charge on any atom is -0.459 e. The molecule has 164 valence electrons. The standard InChI is InChI=1S/C21H23N3O7/c1-13(25)7-8-19(26)31-15-11-18(24-10-9-17(22)23-21(24)28)30-16(15)12-29-20(27)14-5-3-2-4-6-14/h2-6,9-10,15-16,18H,7-8,11-12H2,1H3,(H2,22,23,28)/t15-,16+,18+/m0/s1. The molecule has 2 heterocycles. The van der Waals surface area contributed by atoms with E-state index in [9.17, 15) is 19.2 Å². The molecular weight excluding hydrogens is 406 g/mol. The van der Waals surface area contributed by atoms with Gasteiger partial charge in [-0.15, -0.1) is 0 Å². The third-order valence-corrected chi connectivity index (χ3v) is 4.69. The molecule has 0 spiro atoms. The molecule has 0 unspecified atom stereocenters. The number of carbonyl (C=O) groups excluding carboxylic acids is 3. The Kier molecular flexibility index (Phi) is 7.14. The van der Waals surface area contributed by atoms with Gasteiger partial charge in [0.15, 0.2) is 0 Å². The number of rotatable bonds is 8. The molecule has 1 saturated heterocycles. The van der Waals surface area contributed by atoms with Gasteiger partial charge in [-0.05, 0) is 25.1 Å². The van der Waals surface area contributed by atoms with Gasteiger partial charge in [-0.25, -0.2) is 9.59 Å². The number of nitrogens with two attached hydrogens (primary N) is 1. The number of anilines is 1. The van der Waals surface area contributed by atoms with E-state index < -0.39 is 36.1 Å². The molecule has 1 aliphatic heterocycles. The molecule has 3 rings (SSSR count). The van der Waals surface area contributed by atoms with E-state index in [4.69, 9.17) is 19.9 Å². The van der Waals surface area contributed by atoms with Gasteiger partial charge in [0, 0.05) is 19.0 Å². The summed E-state index contributed by atoms with van der Waals surface area (Å²) in [6.45, 7) is 1.19. The number of Topliss-reactive ketones (excluding diaryl/α,β-unsaturated/α-hetero) is 1. The van der Waals surface area contributed by atoms with Gasteiger partial charge < -0.3 is 24.7 Å². The first-order valence-electron chi connectivity index (χ1n) is 9.74. The maximum absolute atomic E-state index is 12.2. The molecule has 2 N–H and O–H groups in total. The Morgan fingerprint density at radius 3 is 2.61 bits per heavy atom. The Morgan fingerprint density at radius 1 is 1.19 bits per heavy atom. The van der Waals surface area contributed by atoms with Gasteiger partial charge in [-0.3, -0.25) is 9.36 Å². The molecule has 0 amide bonds. The van der Waals surface area contributed by atoms with E-state index in [2.05, 4.69) is 4.98 Å². The summed E-state index contributed by atoms with van der Waals surface area (Å²) in [6.07, 6.45) is -0.804. The number of hydrogen-bond acceptors (Lipinski definition) is 9. The average molecular weight is 429 g/mol. The quantitative estimate of drug-likeness (QED) is 0.614.